The van der Waals surface area contributed by atoms with Crippen molar-refractivity contribution in [1.82, 2.24) is 4.90 Å². The van der Waals surface area contributed by atoms with Gasteiger partial charge < -0.3 is 0 Å². The number of anilines is 1. The summed E-state index contributed by atoms with van der Waals surface area (Å²) in [5.74, 6) is -0.981. The van der Waals surface area contributed by atoms with Gasteiger partial charge in [0.1, 0.15) is 0 Å². The van der Waals surface area contributed by atoms with E-state index in [1.54, 1.807) is 0 Å². The van der Waals surface area contributed by atoms with Gasteiger partial charge in [0.05, 0.1) is 11.4 Å². The fourth-order valence-corrected chi connectivity index (χ4v) is 4.56. The van der Waals surface area contributed by atoms with Crippen molar-refractivity contribution in [2.75, 3.05) is 17.2 Å². The van der Waals surface area contributed by atoms with Gasteiger partial charge in [-0.2, -0.15) is 0 Å². The number of carbonyl (C=O) groups is 2. The zero-order valence-electron chi connectivity index (χ0n) is 9.92. The number of nitrogens with zero attached hydrogens (tertiary/aromatic N) is 2. The zero-order chi connectivity index (χ0) is 14.7. The van der Waals surface area contributed by atoms with Gasteiger partial charge >= 0.3 is 6.03 Å². The fourth-order valence-electron chi connectivity index (χ4n) is 2.37. The molecule has 106 valence electrons. The fraction of sp³-hybridized carbons (Fsp3) is 0.273. The summed E-state index contributed by atoms with van der Waals surface area (Å²) in [6, 6.07) is 3.56. The van der Waals surface area contributed by atoms with E-state index in [1.165, 1.54) is 18.2 Å². The van der Waals surface area contributed by atoms with E-state index in [2.05, 4.69) is 0 Å². The summed E-state index contributed by atoms with van der Waals surface area (Å²) >= 11 is 11.7. The molecule has 6 nitrogen and oxygen atoms in total. The Hall–Kier alpha value is -1.31. The molecule has 0 bridgehead atoms. The Kier molecular flexibility index (Phi) is 2.97. The van der Waals surface area contributed by atoms with E-state index in [4.69, 9.17) is 23.2 Å². The highest BCUT2D eigenvalue weighted by Gasteiger charge is 2.56. The lowest BCUT2D eigenvalue weighted by Crippen LogP contribution is -2.35. The molecular weight excluding hydrogens is 327 g/mol. The molecule has 2 aliphatic rings. The molecule has 3 amide bonds. The topological polar surface area (TPSA) is 74.8 Å². The maximum absolute atomic E-state index is 12.2. The summed E-state index contributed by atoms with van der Waals surface area (Å²) < 4.78 is 23.6. The molecule has 1 aromatic carbocycles. The van der Waals surface area contributed by atoms with Gasteiger partial charge in [-0.1, -0.05) is 23.2 Å². The number of sulfone groups is 1. The number of halogens is 2. The Balaban J connectivity index is 2.08. The molecule has 20 heavy (non-hydrogen) atoms. The van der Waals surface area contributed by atoms with Gasteiger partial charge in [0, 0.05) is 16.6 Å². The van der Waals surface area contributed by atoms with Gasteiger partial charge in [-0.15, -0.1) is 0 Å². The first-order chi connectivity index (χ1) is 9.31. The zero-order valence-corrected chi connectivity index (χ0v) is 12.2. The van der Waals surface area contributed by atoms with Crippen LogP contribution >= 0.6 is 23.2 Å². The van der Waals surface area contributed by atoms with Crippen LogP contribution in [-0.2, 0) is 14.6 Å². The number of hydrogen-bond donors (Lipinski definition) is 0. The molecule has 1 unspecified atom stereocenters. The summed E-state index contributed by atoms with van der Waals surface area (Å²) in [6.45, 7) is 0.0162. The first kappa shape index (κ1) is 13.7. The quantitative estimate of drug-likeness (QED) is 0.729. The highest BCUT2D eigenvalue weighted by atomic mass is 35.5. The molecule has 2 fully saturated rings. The first-order valence-corrected chi connectivity index (χ1v) is 8.10. The van der Waals surface area contributed by atoms with E-state index >= 15 is 0 Å². The van der Waals surface area contributed by atoms with Crippen LogP contribution in [0.3, 0.4) is 0 Å². The third-order valence-corrected chi connectivity index (χ3v) is 5.54. The van der Waals surface area contributed by atoms with Crippen LogP contribution in [-0.4, -0.2) is 42.9 Å². The number of carbonyl (C=O) groups excluding carboxylic acids is 2. The summed E-state index contributed by atoms with van der Waals surface area (Å²) in [6.07, 6.45) is 0. The molecule has 0 spiro atoms. The van der Waals surface area contributed by atoms with Crippen LogP contribution in [0.4, 0.5) is 10.5 Å². The average molecular weight is 335 g/mol. The van der Waals surface area contributed by atoms with Crippen LogP contribution in [0.15, 0.2) is 18.2 Å². The monoisotopic (exact) mass is 334 g/mol. The maximum Gasteiger partial charge on any atom is 0.332 e. The second kappa shape index (κ2) is 4.34. The van der Waals surface area contributed by atoms with Crippen molar-refractivity contribution in [2.45, 2.75) is 5.37 Å². The first-order valence-electron chi connectivity index (χ1n) is 5.63. The largest absolute Gasteiger partial charge is 0.332 e. The number of urea groups is 1. The van der Waals surface area contributed by atoms with E-state index in [1.807, 2.05) is 0 Å². The lowest BCUT2D eigenvalue weighted by atomic mass is 10.3. The number of rotatable bonds is 1. The minimum atomic E-state index is -3.62. The van der Waals surface area contributed by atoms with Crippen LogP contribution in [0.1, 0.15) is 0 Å². The Bertz CT molecular complexity index is 714. The van der Waals surface area contributed by atoms with Gasteiger partial charge in [-0.05, 0) is 18.2 Å². The van der Waals surface area contributed by atoms with Gasteiger partial charge in [-0.25, -0.2) is 18.1 Å². The van der Waals surface area contributed by atoms with Crippen molar-refractivity contribution in [2.24, 2.45) is 0 Å². The van der Waals surface area contributed by atoms with Crippen molar-refractivity contribution in [3.05, 3.63) is 28.2 Å². The lowest BCUT2D eigenvalue weighted by molar-refractivity contribution is -0.117. The molecule has 2 saturated heterocycles. The van der Waals surface area contributed by atoms with E-state index in [0.29, 0.717) is 0 Å². The normalized spacial score (nSPS) is 24.4. The lowest BCUT2D eigenvalue weighted by Gasteiger charge is -2.15. The van der Waals surface area contributed by atoms with Crippen LogP contribution < -0.4 is 4.90 Å². The molecule has 0 aromatic heterocycles. The summed E-state index contributed by atoms with van der Waals surface area (Å²) in [5.41, 5.74) is 0.169. The predicted octanol–water partition coefficient (Wildman–Crippen LogP) is 1.52. The van der Waals surface area contributed by atoms with Crippen LogP contribution in [0.25, 0.3) is 0 Å². The molecule has 0 N–H and O–H groups in total. The van der Waals surface area contributed by atoms with Crippen molar-refractivity contribution in [1.29, 1.82) is 0 Å². The summed E-state index contributed by atoms with van der Waals surface area (Å²) in [4.78, 5) is 26.3. The van der Waals surface area contributed by atoms with E-state index in [-0.39, 0.29) is 28.0 Å². The Morgan fingerprint density at radius 1 is 1.10 bits per heavy atom. The van der Waals surface area contributed by atoms with E-state index < -0.39 is 27.1 Å². The third kappa shape index (κ3) is 1.88. The molecule has 9 heteroatoms. The van der Waals surface area contributed by atoms with Crippen LogP contribution in [0.2, 0.25) is 10.0 Å². The van der Waals surface area contributed by atoms with Crippen molar-refractivity contribution in [3.8, 4) is 0 Å². The second-order valence-corrected chi connectivity index (χ2v) is 7.55. The summed E-state index contributed by atoms with van der Waals surface area (Å²) in [5, 5.41) is -0.918. The number of fused-ring (bicyclic) bond motifs is 1. The molecule has 1 aromatic rings. The number of benzene rings is 1. The highest BCUT2D eigenvalue weighted by Crippen LogP contribution is 2.34. The van der Waals surface area contributed by atoms with Gasteiger partial charge in [0.25, 0.3) is 5.91 Å². The Morgan fingerprint density at radius 2 is 1.70 bits per heavy atom. The molecule has 0 saturated carbocycles. The van der Waals surface area contributed by atoms with Crippen molar-refractivity contribution in [3.63, 3.8) is 0 Å². The molecule has 1 atom stereocenters. The van der Waals surface area contributed by atoms with E-state index in [9.17, 15) is 18.0 Å². The second-order valence-electron chi connectivity index (χ2n) is 4.50. The predicted molar refractivity (Wildman–Crippen MR) is 73.6 cm³/mol. The molecule has 2 heterocycles. The van der Waals surface area contributed by atoms with Crippen molar-refractivity contribution >= 4 is 50.7 Å². The Labute approximate surface area is 124 Å². The molecule has 0 radical (unpaired) electrons. The molecule has 2 aliphatic heterocycles. The van der Waals surface area contributed by atoms with Crippen LogP contribution in [0, 0.1) is 0 Å². The third-order valence-electron chi connectivity index (χ3n) is 3.21. The van der Waals surface area contributed by atoms with Crippen LogP contribution in [0.5, 0.6) is 0 Å². The number of hydrogen-bond acceptors (Lipinski definition) is 4. The minimum absolute atomic E-state index is 0.0162. The average Bonchev–Trinajstić information content (AvgIpc) is 2.76. The van der Waals surface area contributed by atoms with Crippen molar-refractivity contribution < 1.29 is 18.0 Å². The maximum atomic E-state index is 12.2. The standard InChI is InChI=1S/C11H8Cl2N2O4S/c12-6-3-7(13)5-8(4-6)15-9(16)10-14(11(15)17)1-2-20(10,18)19/h3-5,10H,1-2H2. The smallest absolute Gasteiger partial charge is 0.298 e. The number of amides is 3. The number of imide groups is 1. The highest BCUT2D eigenvalue weighted by molar-refractivity contribution is 7.93. The molecule has 0 aliphatic carbocycles. The SMILES string of the molecule is O=C1C2N(CCS2(=O)=O)C(=O)N1c1cc(Cl)cc(Cl)c1. The van der Waals surface area contributed by atoms with Gasteiger partial charge in [-0.3, -0.25) is 9.69 Å². The van der Waals surface area contributed by atoms with E-state index in [0.717, 1.165) is 9.80 Å². The molecule has 3 rings (SSSR count). The minimum Gasteiger partial charge on any atom is -0.298 e. The Morgan fingerprint density at radius 3 is 2.25 bits per heavy atom. The van der Waals surface area contributed by atoms with Gasteiger partial charge in [0.2, 0.25) is 5.37 Å². The summed E-state index contributed by atoms with van der Waals surface area (Å²) in [7, 11) is -3.62. The molecular formula is C11H8Cl2N2O4S. The van der Waals surface area contributed by atoms with Gasteiger partial charge in [0.15, 0.2) is 9.84 Å².